The molecule has 1 fully saturated rings. The van der Waals surface area contributed by atoms with E-state index < -0.39 is 10.0 Å². The zero-order valence-electron chi connectivity index (χ0n) is 11.4. The molecule has 0 atom stereocenters. The maximum atomic E-state index is 12.7. The second-order valence-corrected chi connectivity index (χ2v) is 6.84. The van der Waals surface area contributed by atoms with Crippen molar-refractivity contribution >= 4 is 15.9 Å². The number of sulfonamides is 1. The summed E-state index contributed by atoms with van der Waals surface area (Å²) in [4.78, 5) is 0.225. The van der Waals surface area contributed by atoms with E-state index in [1.54, 1.807) is 19.1 Å². The Hall–Kier alpha value is -1.60. The molecule has 0 aliphatic carbocycles. The molecule has 1 aromatic rings. The molecular weight excluding hydrogens is 278 g/mol. The lowest BCUT2D eigenvalue weighted by Gasteiger charge is -2.26. The van der Waals surface area contributed by atoms with Crippen LogP contribution in [0.3, 0.4) is 0 Å². The van der Waals surface area contributed by atoms with E-state index in [1.165, 1.54) is 10.4 Å². The van der Waals surface area contributed by atoms with Gasteiger partial charge >= 0.3 is 0 Å². The van der Waals surface area contributed by atoms with Gasteiger partial charge in [-0.05, 0) is 31.4 Å². The number of benzene rings is 1. The van der Waals surface area contributed by atoms with Crippen molar-refractivity contribution in [1.82, 2.24) is 4.31 Å². The average Bonchev–Trinajstić information content (AvgIpc) is 2.47. The molecular formula is C13H19N3O3S. The van der Waals surface area contributed by atoms with Gasteiger partial charge in [0.1, 0.15) is 0 Å². The molecule has 0 unspecified atom stereocenters. The minimum absolute atomic E-state index is 0.0971. The van der Waals surface area contributed by atoms with Gasteiger partial charge in [-0.25, -0.2) is 8.42 Å². The Morgan fingerprint density at radius 2 is 1.95 bits per heavy atom. The predicted molar refractivity (Wildman–Crippen MR) is 76.3 cm³/mol. The van der Waals surface area contributed by atoms with E-state index >= 15 is 0 Å². The van der Waals surface area contributed by atoms with Crippen LogP contribution in [0.4, 0.5) is 0 Å². The van der Waals surface area contributed by atoms with Crippen LogP contribution < -0.4 is 5.73 Å². The van der Waals surface area contributed by atoms with E-state index in [-0.39, 0.29) is 10.7 Å². The lowest BCUT2D eigenvalue weighted by atomic mass is 10.1. The van der Waals surface area contributed by atoms with Crippen molar-refractivity contribution in [3.8, 4) is 0 Å². The first kappa shape index (κ1) is 14.8. The lowest BCUT2D eigenvalue weighted by molar-refractivity contribution is 0.318. The molecule has 0 radical (unpaired) electrons. The van der Waals surface area contributed by atoms with Crippen LogP contribution in [-0.4, -0.2) is 36.9 Å². The second kappa shape index (κ2) is 5.80. The zero-order chi connectivity index (χ0) is 14.8. The molecule has 1 aliphatic heterocycles. The maximum Gasteiger partial charge on any atom is 0.243 e. The molecule has 1 heterocycles. The number of nitrogens with zero attached hydrogens (tertiary/aromatic N) is 2. The van der Waals surface area contributed by atoms with Crippen LogP contribution in [0.25, 0.3) is 0 Å². The molecule has 0 bridgehead atoms. The van der Waals surface area contributed by atoms with Gasteiger partial charge in [0, 0.05) is 18.7 Å². The van der Waals surface area contributed by atoms with E-state index in [2.05, 4.69) is 5.16 Å². The van der Waals surface area contributed by atoms with Crippen molar-refractivity contribution in [3.05, 3.63) is 29.3 Å². The van der Waals surface area contributed by atoms with Gasteiger partial charge in [-0.2, -0.15) is 4.31 Å². The number of hydrogen-bond acceptors (Lipinski definition) is 4. The van der Waals surface area contributed by atoms with Crippen molar-refractivity contribution in [1.29, 1.82) is 0 Å². The Labute approximate surface area is 118 Å². The summed E-state index contributed by atoms with van der Waals surface area (Å²) >= 11 is 0. The number of rotatable bonds is 3. The van der Waals surface area contributed by atoms with Crippen molar-refractivity contribution < 1.29 is 13.6 Å². The summed E-state index contributed by atoms with van der Waals surface area (Å²) in [6.45, 7) is 2.85. The van der Waals surface area contributed by atoms with Crippen molar-refractivity contribution in [2.45, 2.75) is 31.1 Å². The van der Waals surface area contributed by atoms with Crippen molar-refractivity contribution in [2.24, 2.45) is 10.9 Å². The number of hydrogen-bond donors (Lipinski definition) is 2. The van der Waals surface area contributed by atoms with E-state index in [0.29, 0.717) is 24.2 Å². The topological polar surface area (TPSA) is 96.0 Å². The highest BCUT2D eigenvalue weighted by Crippen LogP contribution is 2.24. The Morgan fingerprint density at radius 1 is 1.30 bits per heavy atom. The number of piperidine rings is 1. The smallest absolute Gasteiger partial charge is 0.243 e. The van der Waals surface area contributed by atoms with Crippen molar-refractivity contribution in [2.75, 3.05) is 13.1 Å². The Morgan fingerprint density at radius 3 is 2.55 bits per heavy atom. The Kier molecular flexibility index (Phi) is 4.29. The summed E-state index contributed by atoms with van der Waals surface area (Å²) in [5.41, 5.74) is 6.58. The van der Waals surface area contributed by atoms with Crippen molar-refractivity contribution in [3.63, 3.8) is 0 Å². The standard InChI is InChI=1S/C13H19N3O3S/c1-10-5-6-11(13(14)15-17)9-12(10)20(18,19)16-7-3-2-4-8-16/h5-6,9,17H,2-4,7-8H2,1H3,(H2,14,15). The van der Waals surface area contributed by atoms with Gasteiger partial charge in [0.25, 0.3) is 0 Å². The molecule has 6 nitrogen and oxygen atoms in total. The van der Waals surface area contributed by atoms with Gasteiger partial charge in [0.15, 0.2) is 5.84 Å². The summed E-state index contributed by atoms with van der Waals surface area (Å²) < 4.78 is 26.8. The molecule has 3 N–H and O–H groups in total. The van der Waals surface area contributed by atoms with E-state index in [0.717, 1.165) is 19.3 Å². The third-order valence-electron chi connectivity index (χ3n) is 3.52. The molecule has 0 aromatic heterocycles. The van der Waals surface area contributed by atoms with Gasteiger partial charge in [-0.3, -0.25) is 0 Å². The van der Waals surface area contributed by atoms with Crippen LogP contribution in [0, 0.1) is 6.92 Å². The monoisotopic (exact) mass is 297 g/mol. The van der Waals surface area contributed by atoms with E-state index in [1.807, 2.05) is 0 Å². The van der Waals surface area contributed by atoms with Crippen LogP contribution >= 0.6 is 0 Å². The first-order chi connectivity index (χ1) is 9.46. The largest absolute Gasteiger partial charge is 0.409 e. The fourth-order valence-corrected chi connectivity index (χ4v) is 4.11. The lowest BCUT2D eigenvalue weighted by Crippen LogP contribution is -2.36. The first-order valence-electron chi connectivity index (χ1n) is 6.55. The van der Waals surface area contributed by atoms with Gasteiger partial charge in [0.05, 0.1) is 4.90 Å². The Bertz CT molecular complexity index is 620. The minimum Gasteiger partial charge on any atom is -0.409 e. The highest BCUT2D eigenvalue weighted by molar-refractivity contribution is 7.89. The molecule has 7 heteroatoms. The summed E-state index contributed by atoms with van der Waals surface area (Å²) in [6.07, 6.45) is 2.84. The highest BCUT2D eigenvalue weighted by Gasteiger charge is 2.27. The summed E-state index contributed by atoms with van der Waals surface area (Å²) in [7, 11) is -3.52. The third kappa shape index (κ3) is 2.78. The summed E-state index contributed by atoms with van der Waals surface area (Å²) in [5.74, 6) is -0.0971. The second-order valence-electron chi connectivity index (χ2n) is 4.93. The SMILES string of the molecule is Cc1ccc(C(N)=NO)cc1S(=O)(=O)N1CCCCC1. The molecule has 1 saturated heterocycles. The molecule has 20 heavy (non-hydrogen) atoms. The quantitative estimate of drug-likeness (QED) is 0.380. The third-order valence-corrected chi connectivity index (χ3v) is 5.57. The average molecular weight is 297 g/mol. The number of oxime groups is 1. The maximum absolute atomic E-state index is 12.7. The highest BCUT2D eigenvalue weighted by atomic mass is 32.2. The van der Waals surface area contributed by atoms with Crippen LogP contribution in [0.5, 0.6) is 0 Å². The summed E-state index contributed by atoms with van der Waals surface area (Å²) in [5, 5.41) is 11.6. The molecule has 0 amide bonds. The number of aryl methyl sites for hydroxylation is 1. The van der Waals surface area contributed by atoms with Crippen LogP contribution in [0.1, 0.15) is 30.4 Å². The molecule has 0 spiro atoms. The molecule has 0 saturated carbocycles. The van der Waals surface area contributed by atoms with Gasteiger partial charge in [-0.1, -0.05) is 23.7 Å². The van der Waals surface area contributed by atoms with Gasteiger partial charge in [-0.15, -0.1) is 0 Å². The fraction of sp³-hybridized carbons (Fsp3) is 0.462. The van der Waals surface area contributed by atoms with Crippen LogP contribution in [0.2, 0.25) is 0 Å². The number of amidine groups is 1. The first-order valence-corrected chi connectivity index (χ1v) is 7.99. The molecule has 1 aromatic carbocycles. The van der Waals surface area contributed by atoms with Gasteiger partial charge < -0.3 is 10.9 Å². The molecule has 2 rings (SSSR count). The van der Waals surface area contributed by atoms with E-state index in [9.17, 15) is 8.42 Å². The number of nitrogens with two attached hydrogens (primary N) is 1. The van der Waals surface area contributed by atoms with Crippen LogP contribution in [-0.2, 0) is 10.0 Å². The van der Waals surface area contributed by atoms with Gasteiger partial charge in [0.2, 0.25) is 10.0 Å². The van der Waals surface area contributed by atoms with Crippen LogP contribution in [0.15, 0.2) is 28.3 Å². The zero-order valence-corrected chi connectivity index (χ0v) is 12.2. The Balaban J connectivity index is 2.45. The minimum atomic E-state index is -3.52. The summed E-state index contributed by atoms with van der Waals surface area (Å²) in [6, 6.07) is 4.78. The predicted octanol–water partition coefficient (Wildman–Crippen LogP) is 1.26. The molecule has 1 aliphatic rings. The normalized spacial score (nSPS) is 18.1. The van der Waals surface area contributed by atoms with E-state index in [4.69, 9.17) is 10.9 Å². The molecule has 110 valence electrons. The fourth-order valence-electron chi connectivity index (χ4n) is 2.34.